The first-order valence-electron chi connectivity index (χ1n) is 5.28. The number of rotatable bonds is 5. The third-order valence-corrected chi connectivity index (χ3v) is 2.21. The van der Waals surface area contributed by atoms with Crippen molar-refractivity contribution in [2.75, 3.05) is 24.3 Å². The number of amides is 1. The zero-order chi connectivity index (χ0) is 12.8. The number of nitrogens with one attached hydrogen (secondary N) is 1. The summed E-state index contributed by atoms with van der Waals surface area (Å²) in [6.45, 7) is 0. The highest BCUT2D eigenvalue weighted by molar-refractivity contribution is 5.92. The molecule has 0 atom stereocenters. The molecule has 0 spiro atoms. The maximum atomic E-state index is 11.4. The Labute approximate surface area is 100 Å². The summed E-state index contributed by atoms with van der Waals surface area (Å²) in [6.07, 6.45) is -0.166. The van der Waals surface area contributed by atoms with Crippen LogP contribution in [0, 0.1) is 0 Å². The molecule has 0 aromatic heterocycles. The van der Waals surface area contributed by atoms with Crippen LogP contribution in [-0.2, 0) is 9.59 Å². The quantitative estimate of drug-likeness (QED) is 0.814. The molecule has 0 unspecified atom stereocenters. The molecule has 0 aliphatic rings. The number of hydrogen-bond donors (Lipinski definition) is 2. The van der Waals surface area contributed by atoms with Crippen molar-refractivity contribution in [3.8, 4) is 0 Å². The average Bonchev–Trinajstić information content (AvgIpc) is 2.26. The summed E-state index contributed by atoms with van der Waals surface area (Å²) in [4.78, 5) is 23.6. The Bertz CT molecular complexity index is 416. The summed E-state index contributed by atoms with van der Waals surface area (Å²) in [5.41, 5.74) is 1.65. The van der Waals surface area contributed by atoms with E-state index >= 15 is 0 Å². The van der Waals surface area contributed by atoms with Gasteiger partial charge >= 0.3 is 5.97 Å². The van der Waals surface area contributed by atoms with Crippen LogP contribution in [0.4, 0.5) is 11.4 Å². The predicted molar refractivity (Wildman–Crippen MR) is 66.3 cm³/mol. The second-order valence-corrected chi connectivity index (χ2v) is 3.89. The van der Waals surface area contributed by atoms with E-state index in [2.05, 4.69) is 5.32 Å². The number of benzene rings is 1. The Balaban J connectivity index is 2.59. The van der Waals surface area contributed by atoms with Gasteiger partial charge in [0.05, 0.1) is 6.42 Å². The average molecular weight is 236 g/mol. The highest BCUT2D eigenvalue weighted by Crippen LogP contribution is 2.17. The summed E-state index contributed by atoms with van der Waals surface area (Å²) in [5, 5.41) is 11.1. The first-order chi connectivity index (χ1) is 7.99. The van der Waals surface area contributed by atoms with Crippen LogP contribution in [-0.4, -0.2) is 31.1 Å². The van der Waals surface area contributed by atoms with E-state index < -0.39 is 5.97 Å². The van der Waals surface area contributed by atoms with Gasteiger partial charge in [0.15, 0.2) is 0 Å². The summed E-state index contributed by atoms with van der Waals surface area (Å²) >= 11 is 0. The normalized spacial score (nSPS) is 9.76. The summed E-state index contributed by atoms with van der Waals surface area (Å²) in [7, 11) is 3.82. The second kappa shape index (κ2) is 5.89. The number of carbonyl (C=O) groups is 2. The third kappa shape index (κ3) is 4.55. The van der Waals surface area contributed by atoms with Gasteiger partial charge in [0.2, 0.25) is 5.91 Å². The van der Waals surface area contributed by atoms with Gasteiger partial charge in [0.25, 0.3) is 0 Å². The van der Waals surface area contributed by atoms with E-state index in [9.17, 15) is 9.59 Å². The fourth-order valence-corrected chi connectivity index (χ4v) is 1.31. The molecule has 0 saturated carbocycles. The minimum atomic E-state index is -0.970. The molecule has 0 aliphatic heterocycles. The summed E-state index contributed by atoms with van der Waals surface area (Å²) in [6, 6.07) is 7.36. The van der Waals surface area contributed by atoms with Crippen molar-refractivity contribution in [3.05, 3.63) is 24.3 Å². The smallest absolute Gasteiger partial charge is 0.303 e. The Morgan fingerprint density at radius 3 is 2.59 bits per heavy atom. The number of carboxylic acid groups (broad SMARTS) is 1. The van der Waals surface area contributed by atoms with E-state index in [0.29, 0.717) is 5.69 Å². The van der Waals surface area contributed by atoms with Gasteiger partial charge in [0, 0.05) is 31.9 Å². The molecule has 0 aliphatic carbocycles. The van der Waals surface area contributed by atoms with Gasteiger partial charge in [-0.15, -0.1) is 0 Å². The predicted octanol–water partition coefficient (Wildman–Crippen LogP) is 1.56. The fraction of sp³-hybridized carbons (Fsp3) is 0.333. The van der Waals surface area contributed by atoms with Crippen LogP contribution < -0.4 is 10.2 Å². The van der Waals surface area contributed by atoms with Gasteiger partial charge < -0.3 is 15.3 Å². The van der Waals surface area contributed by atoms with Gasteiger partial charge in [-0.2, -0.15) is 0 Å². The van der Waals surface area contributed by atoms with Crippen molar-refractivity contribution < 1.29 is 14.7 Å². The standard InChI is InChI=1S/C12H16N2O3/c1-14(2)10-5-3-4-9(8-10)13-11(15)6-7-12(16)17/h3-5,8H,6-7H2,1-2H3,(H,13,15)(H,16,17). The van der Waals surface area contributed by atoms with Crippen LogP contribution >= 0.6 is 0 Å². The number of hydrogen-bond acceptors (Lipinski definition) is 3. The van der Waals surface area contributed by atoms with E-state index in [1.165, 1.54) is 0 Å². The molecule has 0 fully saturated rings. The molecule has 1 aromatic carbocycles. The van der Waals surface area contributed by atoms with Crippen molar-refractivity contribution in [1.82, 2.24) is 0 Å². The molecule has 1 aromatic rings. The topological polar surface area (TPSA) is 69.6 Å². The molecular weight excluding hydrogens is 220 g/mol. The molecular formula is C12H16N2O3. The van der Waals surface area contributed by atoms with Crippen LogP contribution in [0.1, 0.15) is 12.8 Å². The first kappa shape index (κ1) is 13.0. The first-order valence-corrected chi connectivity index (χ1v) is 5.28. The van der Waals surface area contributed by atoms with Crippen LogP contribution in [0.2, 0.25) is 0 Å². The second-order valence-electron chi connectivity index (χ2n) is 3.89. The van der Waals surface area contributed by atoms with Crippen molar-refractivity contribution in [3.63, 3.8) is 0 Å². The molecule has 2 N–H and O–H groups in total. The van der Waals surface area contributed by atoms with Crippen molar-refractivity contribution in [2.24, 2.45) is 0 Å². The minimum absolute atomic E-state index is 0.0124. The number of carboxylic acids is 1. The highest BCUT2D eigenvalue weighted by atomic mass is 16.4. The number of aliphatic carboxylic acids is 1. The largest absolute Gasteiger partial charge is 0.481 e. The lowest BCUT2D eigenvalue weighted by molar-refractivity contribution is -0.138. The van der Waals surface area contributed by atoms with Crippen LogP contribution in [0.15, 0.2) is 24.3 Å². The van der Waals surface area contributed by atoms with E-state index in [4.69, 9.17) is 5.11 Å². The molecule has 0 saturated heterocycles. The van der Waals surface area contributed by atoms with Gasteiger partial charge in [-0.3, -0.25) is 9.59 Å². The Morgan fingerprint density at radius 2 is 2.00 bits per heavy atom. The monoisotopic (exact) mass is 236 g/mol. The van der Waals surface area contributed by atoms with Gasteiger partial charge in [-0.25, -0.2) is 0 Å². The van der Waals surface area contributed by atoms with Crippen LogP contribution in [0.5, 0.6) is 0 Å². The number of carbonyl (C=O) groups excluding carboxylic acids is 1. The third-order valence-electron chi connectivity index (χ3n) is 2.21. The lowest BCUT2D eigenvalue weighted by atomic mass is 10.2. The molecule has 1 rings (SSSR count). The maximum absolute atomic E-state index is 11.4. The molecule has 0 bridgehead atoms. The summed E-state index contributed by atoms with van der Waals surface area (Å²) in [5.74, 6) is -1.26. The summed E-state index contributed by atoms with van der Waals surface area (Å²) < 4.78 is 0. The van der Waals surface area contributed by atoms with Crippen molar-refractivity contribution >= 4 is 23.3 Å². The lowest BCUT2D eigenvalue weighted by Crippen LogP contribution is -2.14. The number of anilines is 2. The molecule has 5 heteroatoms. The highest BCUT2D eigenvalue weighted by Gasteiger charge is 2.06. The van der Waals surface area contributed by atoms with E-state index in [1.54, 1.807) is 6.07 Å². The minimum Gasteiger partial charge on any atom is -0.481 e. The zero-order valence-corrected chi connectivity index (χ0v) is 9.93. The Morgan fingerprint density at radius 1 is 1.29 bits per heavy atom. The van der Waals surface area contributed by atoms with Crippen molar-refractivity contribution in [2.45, 2.75) is 12.8 Å². The molecule has 17 heavy (non-hydrogen) atoms. The molecule has 92 valence electrons. The number of nitrogens with zero attached hydrogens (tertiary/aromatic N) is 1. The van der Waals surface area contributed by atoms with Gasteiger partial charge in [-0.05, 0) is 18.2 Å². The van der Waals surface area contributed by atoms with E-state index in [-0.39, 0.29) is 18.7 Å². The molecule has 5 nitrogen and oxygen atoms in total. The van der Waals surface area contributed by atoms with Gasteiger partial charge in [-0.1, -0.05) is 6.07 Å². The molecule has 0 heterocycles. The van der Waals surface area contributed by atoms with E-state index in [0.717, 1.165) is 5.69 Å². The fourth-order valence-electron chi connectivity index (χ4n) is 1.31. The maximum Gasteiger partial charge on any atom is 0.303 e. The van der Waals surface area contributed by atoms with E-state index in [1.807, 2.05) is 37.2 Å². The molecule has 0 radical (unpaired) electrons. The van der Waals surface area contributed by atoms with Crippen LogP contribution in [0.3, 0.4) is 0 Å². The van der Waals surface area contributed by atoms with Gasteiger partial charge in [0.1, 0.15) is 0 Å². The lowest BCUT2D eigenvalue weighted by Gasteiger charge is -2.13. The molecule has 1 amide bonds. The van der Waals surface area contributed by atoms with Crippen LogP contribution in [0.25, 0.3) is 0 Å². The zero-order valence-electron chi connectivity index (χ0n) is 9.93. The van der Waals surface area contributed by atoms with Crippen molar-refractivity contribution in [1.29, 1.82) is 0 Å². The Kier molecular flexibility index (Phi) is 4.51. The SMILES string of the molecule is CN(C)c1cccc(NC(=O)CCC(=O)O)c1. The Hall–Kier alpha value is -2.04.